The predicted molar refractivity (Wildman–Crippen MR) is 87.3 cm³/mol. The van der Waals surface area contributed by atoms with Crippen molar-refractivity contribution in [2.45, 2.75) is 0 Å². The Morgan fingerprint density at radius 2 is 1.65 bits per heavy atom. The molecule has 1 heterocycles. The van der Waals surface area contributed by atoms with Gasteiger partial charge in [0.1, 0.15) is 5.76 Å². The predicted octanol–water partition coefficient (Wildman–Crippen LogP) is 2.84. The molecule has 116 valence electrons. The summed E-state index contributed by atoms with van der Waals surface area (Å²) in [6.07, 6.45) is 0. The normalized spacial score (nSPS) is 10.5. The maximum absolute atomic E-state index is 12.3. The number of fused-ring (bicyclic) bond motifs is 1. The van der Waals surface area contributed by atoms with Gasteiger partial charge in [-0.25, -0.2) is 0 Å². The van der Waals surface area contributed by atoms with Crippen LogP contribution in [0.3, 0.4) is 0 Å². The first kappa shape index (κ1) is 14.8. The van der Waals surface area contributed by atoms with Crippen molar-refractivity contribution in [3.8, 4) is 22.8 Å². The van der Waals surface area contributed by atoms with E-state index in [2.05, 4.69) is 0 Å². The topological polar surface area (TPSA) is 65.7 Å². The molecule has 5 nitrogen and oxygen atoms in total. The van der Waals surface area contributed by atoms with Gasteiger partial charge < -0.3 is 13.9 Å². The summed E-state index contributed by atoms with van der Waals surface area (Å²) in [5, 5.41) is 0.241. The van der Waals surface area contributed by atoms with Gasteiger partial charge >= 0.3 is 0 Å². The number of rotatable bonds is 3. The fourth-order valence-electron chi connectivity index (χ4n) is 2.43. The zero-order valence-corrected chi connectivity index (χ0v) is 12.7. The van der Waals surface area contributed by atoms with Crippen LogP contribution in [0.5, 0.6) is 11.5 Å². The van der Waals surface area contributed by atoms with Crippen molar-refractivity contribution in [1.29, 1.82) is 0 Å². The van der Waals surface area contributed by atoms with Crippen molar-refractivity contribution in [1.82, 2.24) is 0 Å². The van der Waals surface area contributed by atoms with Crippen molar-refractivity contribution in [3.63, 3.8) is 0 Å². The molecule has 5 heteroatoms. The lowest BCUT2D eigenvalue weighted by molar-refractivity contribution is 0.355. The largest absolute Gasteiger partial charge is 0.493 e. The van der Waals surface area contributed by atoms with Gasteiger partial charge in [-0.2, -0.15) is 0 Å². The molecule has 0 aliphatic carbocycles. The molecule has 0 amide bonds. The minimum absolute atomic E-state index is 0.0161. The highest BCUT2D eigenvalue weighted by Gasteiger charge is 2.15. The highest BCUT2D eigenvalue weighted by molar-refractivity contribution is 5.79. The fourth-order valence-corrected chi connectivity index (χ4v) is 2.43. The van der Waals surface area contributed by atoms with Crippen LogP contribution >= 0.6 is 0 Å². The van der Waals surface area contributed by atoms with Crippen molar-refractivity contribution < 1.29 is 13.9 Å². The zero-order valence-electron chi connectivity index (χ0n) is 12.7. The van der Waals surface area contributed by atoms with Crippen LogP contribution in [-0.4, -0.2) is 14.2 Å². The van der Waals surface area contributed by atoms with E-state index >= 15 is 0 Å². The van der Waals surface area contributed by atoms with Crippen LogP contribution in [0.1, 0.15) is 0 Å². The van der Waals surface area contributed by atoms with Gasteiger partial charge in [0.25, 0.3) is 0 Å². The second kappa shape index (κ2) is 5.96. The van der Waals surface area contributed by atoms with E-state index in [4.69, 9.17) is 13.9 Å². The Bertz CT molecular complexity index is 988. The lowest BCUT2D eigenvalue weighted by Gasteiger charge is -2.11. The first-order chi connectivity index (χ1) is 11.2. The van der Waals surface area contributed by atoms with E-state index in [1.807, 2.05) is 0 Å². The van der Waals surface area contributed by atoms with Crippen molar-refractivity contribution >= 4 is 11.0 Å². The Morgan fingerprint density at radius 3 is 2.39 bits per heavy atom. The molecule has 0 bridgehead atoms. The molecule has 1 aromatic heterocycles. The average Bonchev–Trinajstić information content (AvgIpc) is 2.76. The smallest absolute Gasteiger partial charge is 0.221 e. The lowest BCUT2D eigenvalue weighted by Crippen LogP contribution is -2.05. The summed E-state index contributed by atoms with van der Waals surface area (Å²) in [4.78, 5) is 24.5. The summed E-state index contributed by atoms with van der Waals surface area (Å²) < 4.78 is 16.3. The van der Waals surface area contributed by atoms with E-state index in [-0.39, 0.29) is 27.6 Å². The Morgan fingerprint density at radius 1 is 0.870 bits per heavy atom. The van der Waals surface area contributed by atoms with Crippen LogP contribution in [0, 0.1) is 0 Å². The highest BCUT2D eigenvalue weighted by Crippen LogP contribution is 2.37. The molecule has 0 radical (unpaired) electrons. The summed E-state index contributed by atoms with van der Waals surface area (Å²) in [5.41, 5.74) is -0.0932. The molecule has 0 fully saturated rings. The van der Waals surface area contributed by atoms with Gasteiger partial charge in [0.2, 0.25) is 5.43 Å². The first-order valence-electron chi connectivity index (χ1n) is 6.94. The molecule has 23 heavy (non-hydrogen) atoms. The van der Waals surface area contributed by atoms with Crippen LogP contribution in [0.2, 0.25) is 0 Å². The molecule has 0 spiro atoms. The van der Waals surface area contributed by atoms with Crippen molar-refractivity contribution in [3.05, 3.63) is 69.0 Å². The molecule has 2 aromatic carbocycles. The molecular weight excluding hydrogens is 296 g/mol. The van der Waals surface area contributed by atoms with Crippen LogP contribution in [-0.2, 0) is 0 Å². The first-order valence-corrected chi connectivity index (χ1v) is 6.94. The van der Waals surface area contributed by atoms with E-state index in [0.29, 0.717) is 17.1 Å². The second-order valence-corrected chi connectivity index (χ2v) is 4.84. The van der Waals surface area contributed by atoms with E-state index in [9.17, 15) is 9.59 Å². The SMILES string of the molecule is COc1cccc(-c2cc(=O)c3ccccc(=O)c3o2)c1OC. The average molecular weight is 310 g/mol. The number of ether oxygens (including phenoxy) is 2. The van der Waals surface area contributed by atoms with Crippen molar-refractivity contribution in [2.75, 3.05) is 14.2 Å². The van der Waals surface area contributed by atoms with E-state index in [1.165, 1.54) is 26.4 Å². The third-order valence-corrected chi connectivity index (χ3v) is 3.50. The Kier molecular flexibility index (Phi) is 3.85. The van der Waals surface area contributed by atoms with E-state index in [0.717, 1.165) is 0 Å². The molecule has 3 rings (SSSR count). The third kappa shape index (κ3) is 2.57. The fraction of sp³-hybridized carbons (Fsp3) is 0.111. The monoisotopic (exact) mass is 310 g/mol. The Hall–Kier alpha value is -3.08. The summed E-state index contributed by atoms with van der Waals surface area (Å²) >= 11 is 0. The number of methoxy groups -OCH3 is 2. The summed E-state index contributed by atoms with van der Waals surface area (Å²) in [6, 6.07) is 12.7. The van der Waals surface area contributed by atoms with Crippen LogP contribution in [0.4, 0.5) is 0 Å². The van der Waals surface area contributed by atoms with Gasteiger partial charge in [-0.3, -0.25) is 9.59 Å². The van der Waals surface area contributed by atoms with Gasteiger partial charge in [0.15, 0.2) is 22.5 Å². The second-order valence-electron chi connectivity index (χ2n) is 4.84. The molecule has 0 saturated carbocycles. The standard InChI is InChI=1S/C18H14O5/c1-21-15-9-5-7-12(18(15)22-2)16-10-14(20)11-6-3-4-8-13(19)17(11)23-16/h3-10H,1-2H3. The molecular formula is C18H14O5. The number of para-hydroxylation sites is 1. The third-order valence-electron chi connectivity index (χ3n) is 3.50. The molecule has 3 aromatic rings. The highest BCUT2D eigenvalue weighted by atomic mass is 16.5. The molecule has 0 aliphatic heterocycles. The summed E-state index contributed by atoms with van der Waals surface area (Å²) in [5.74, 6) is 1.19. The van der Waals surface area contributed by atoms with Gasteiger partial charge in [-0.05, 0) is 24.3 Å². The minimum Gasteiger partial charge on any atom is -0.493 e. The molecule has 0 aliphatic rings. The number of benzene rings is 1. The molecule has 0 atom stereocenters. The van der Waals surface area contributed by atoms with Crippen LogP contribution < -0.4 is 20.3 Å². The van der Waals surface area contributed by atoms with Gasteiger partial charge in [0, 0.05) is 6.07 Å². The zero-order chi connectivity index (χ0) is 16.4. The maximum atomic E-state index is 12.3. The van der Waals surface area contributed by atoms with Gasteiger partial charge in [-0.1, -0.05) is 18.2 Å². The minimum atomic E-state index is -0.356. The molecule has 0 unspecified atom stereocenters. The van der Waals surface area contributed by atoms with Crippen LogP contribution in [0.15, 0.2) is 62.5 Å². The lowest BCUT2D eigenvalue weighted by atomic mass is 10.1. The summed E-state index contributed by atoms with van der Waals surface area (Å²) in [7, 11) is 3.02. The maximum Gasteiger partial charge on any atom is 0.221 e. The summed E-state index contributed by atoms with van der Waals surface area (Å²) in [6.45, 7) is 0. The van der Waals surface area contributed by atoms with E-state index < -0.39 is 0 Å². The molecule has 0 N–H and O–H groups in total. The number of hydrogen-bond donors (Lipinski definition) is 0. The van der Waals surface area contributed by atoms with Gasteiger partial charge in [0.05, 0.1) is 25.2 Å². The molecule has 0 saturated heterocycles. The van der Waals surface area contributed by atoms with Crippen LogP contribution in [0.25, 0.3) is 22.3 Å². The van der Waals surface area contributed by atoms with Gasteiger partial charge in [-0.15, -0.1) is 0 Å². The van der Waals surface area contributed by atoms with Crippen molar-refractivity contribution in [2.24, 2.45) is 0 Å². The Labute approximate surface area is 131 Å². The Balaban J connectivity index is 2.38. The van der Waals surface area contributed by atoms with E-state index in [1.54, 1.807) is 36.4 Å². The number of hydrogen-bond acceptors (Lipinski definition) is 5. The quantitative estimate of drug-likeness (QED) is 0.744.